The summed E-state index contributed by atoms with van der Waals surface area (Å²) in [6, 6.07) is 5.53. The maximum atomic E-state index is 12.0. The zero-order chi connectivity index (χ0) is 18.3. The van der Waals surface area contributed by atoms with E-state index in [0.717, 1.165) is 10.7 Å². The highest BCUT2D eigenvalue weighted by Gasteiger charge is 2.22. The fourth-order valence-corrected chi connectivity index (χ4v) is 2.97. The number of aliphatic carboxylic acids is 1. The minimum Gasteiger partial charge on any atom is -0.492 e. The Hall–Kier alpha value is -1.64. The van der Waals surface area contributed by atoms with Crippen LogP contribution in [0.5, 0.6) is 5.75 Å². The molecule has 0 saturated carbocycles. The number of hydrogen-bond donors (Lipinski definition) is 2. The van der Waals surface area contributed by atoms with E-state index >= 15 is 0 Å². The van der Waals surface area contributed by atoms with Gasteiger partial charge in [-0.3, -0.25) is 4.79 Å². The molecule has 0 unspecified atom stereocenters. The molecule has 1 aromatic carbocycles. The third-order valence-electron chi connectivity index (χ3n) is 3.82. The number of sulfonamides is 1. The van der Waals surface area contributed by atoms with Gasteiger partial charge in [-0.1, -0.05) is 20.3 Å². The van der Waals surface area contributed by atoms with Crippen molar-refractivity contribution in [2.24, 2.45) is 5.92 Å². The lowest BCUT2D eigenvalue weighted by Crippen LogP contribution is -2.43. The van der Waals surface area contributed by atoms with E-state index in [9.17, 15) is 18.3 Å². The molecular weight excluding hydrogens is 332 g/mol. The van der Waals surface area contributed by atoms with Crippen LogP contribution in [0.4, 0.5) is 0 Å². The summed E-state index contributed by atoms with van der Waals surface area (Å²) in [7, 11) is -0.504. The molecule has 24 heavy (non-hydrogen) atoms. The third-order valence-corrected chi connectivity index (χ3v) is 5.65. The minimum atomic E-state index is -3.45. The number of carboxylic acids is 1. The van der Waals surface area contributed by atoms with E-state index < -0.39 is 22.0 Å². The van der Waals surface area contributed by atoms with Crippen LogP contribution >= 0.6 is 0 Å². The highest BCUT2D eigenvalue weighted by atomic mass is 32.2. The molecule has 0 bridgehead atoms. The Balaban J connectivity index is 2.53. The second-order valence-corrected chi connectivity index (χ2v) is 7.91. The maximum absolute atomic E-state index is 12.0. The van der Waals surface area contributed by atoms with E-state index in [0.29, 0.717) is 18.9 Å². The highest BCUT2D eigenvalue weighted by Crippen LogP contribution is 2.18. The highest BCUT2D eigenvalue weighted by molar-refractivity contribution is 7.89. The topological polar surface area (TPSA) is 95.9 Å². The van der Waals surface area contributed by atoms with Crippen LogP contribution in [-0.4, -0.2) is 57.1 Å². The first-order chi connectivity index (χ1) is 11.2. The molecule has 0 spiro atoms. The Bertz CT molecular complexity index is 628. The number of nitrogens with one attached hydrogen (secondary N) is 1. The average Bonchev–Trinajstić information content (AvgIpc) is 2.54. The predicted molar refractivity (Wildman–Crippen MR) is 91.7 cm³/mol. The number of carbonyl (C=O) groups is 1. The van der Waals surface area contributed by atoms with E-state index in [1.165, 1.54) is 26.2 Å². The van der Waals surface area contributed by atoms with Crippen molar-refractivity contribution in [1.82, 2.24) is 9.62 Å². The summed E-state index contributed by atoms with van der Waals surface area (Å²) in [5.74, 6) is -0.314. The molecule has 136 valence electrons. The molecule has 0 amide bonds. The Morgan fingerprint density at radius 3 is 2.33 bits per heavy atom. The normalized spacial score (nSPS) is 14.4. The molecule has 8 heteroatoms. The van der Waals surface area contributed by atoms with E-state index in [1.54, 1.807) is 12.1 Å². The zero-order valence-corrected chi connectivity index (χ0v) is 15.3. The number of hydrogen-bond acceptors (Lipinski definition) is 5. The van der Waals surface area contributed by atoms with Gasteiger partial charge >= 0.3 is 5.97 Å². The Morgan fingerprint density at radius 2 is 1.88 bits per heavy atom. The molecule has 2 N–H and O–H groups in total. The molecule has 0 fully saturated rings. The molecule has 0 aliphatic heterocycles. The fraction of sp³-hybridized carbons (Fsp3) is 0.562. The van der Waals surface area contributed by atoms with Gasteiger partial charge in [0.25, 0.3) is 0 Å². The molecule has 1 rings (SSSR count). The van der Waals surface area contributed by atoms with Crippen molar-refractivity contribution in [3.8, 4) is 5.75 Å². The first-order valence-corrected chi connectivity index (χ1v) is 9.25. The Kier molecular flexibility index (Phi) is 7.65. The lowest BCUT2D eigenvalue weighted by molar-refractivity contribution is -0.140. The largest absolute Gasteiger partial charge is 0.492 e. The third kappa shape index (κ3) is 5.47. The van der Waals surface area contributed by atoms with Crippen LogP contribution in [0.2, 0.25) is 0 Å². The summed E-state index contributed by atoms with van der Waals surface area (Å²) < 4.78 is 30.6. The second-order valence-electron chi connectivity index (χ2n) is 5.76. The Labute approximate surface area is 143 Å². The maximum Gasteiger partial charge on any atom is 0.320 e. The van der Waals surface area contributed by atoms with E-state index in [2.05, 4.69) is 5.32 Å². The molecular formula is C16H26N2O5S. The van der Waals surface area contributed by atoms with Gasteiger partial charge in [-0.05, 0) is 30.2 Å². The molecule has 0 aliphatic carbocycles. The van der Waals surface area contributed by atoms with Crippen molar-refractivity contribution < 1.29 is 23.1 Å². The molecule has 2 atom stereocenters. The summed E-state index contributed by atoms with van der Waals surface area (Å²) >= 11 is 0. The summed E-state index contributed by atoms with van der Waals surface area (Å²) in [6.07, 6.45) is 0.770. The van der Waals surface area contributed by atoms with Crippen LogP contribution in [0.3, 0.4) is 0 Å². The van der Waals surface area contributed by atoms with Gasteiger partial charge < -0.3 is 15.2 Å². The van der Waals surface area contributed by atoms with Crippen LogP contribution in [0.25, 0.3) is 0 Å². The van der Waals surface area contributed by atoms with Gasteiger partial charge in [-0.15, -0.1) is 0 Å². The minimum absolute atomic E-state index is 0.0259. The van der Waals surface area contributed by atoms with Crippen LogP contribution in [0, 0.1) is 5.92 Å². The lowest BCUT2D eigenvalue weighted by Gasteiger charge is -2.20. The quantitative estimate of drug-likeness (QED) is 0.614. The van der Waals surface area contributed by atoms with Crippen molar-refractivity contribution in [2.45, 2.75) is 31.2 Å². The molecule has 1 aromatic rings. The fourth-order valence-electron chi connectivity index (χ4n) is 2.07. The molecule has 0 saturated heterocycles. The molecule has 0 aromatic heterocycles. The van der Waals surface area contributed by atoms with Crippen molar-refractivity contribution >= 4 is 16.0 Å². The second kappa shape index (κ2) is 9.00. The van der Waals surface area contributed by atoms with Gasteiger partial charge in [-0.25, -0.2) is 12.7 Å². The summed E-state index contributed by atoms with van der Waals surface area (Å²) in [5.41, 5.74) is 0. The van der Waals surface area contributed by atoms with Gasteiger partial charge in [0.05, 0.1) is 4.90 Å². The van der Waals surface area contributed by atoms with Gasteiger partial charge in [-0.2, -0.15) is 0 Å². The number of ether oxygens (including phenoxy) is 1. The van der Waals surface area contributed by atoms with Crippen molar-refractivity contribution in [1.29, 1.82) is 0 Å². The zero-order valence-electron chi connectivity index (χ0n) is 14.5. The molecule has 7 nitrogen and oxygen atoms in total. The summed E-state index contributed by atoms with van der Waals surface area (Å²) in [5, 5.41) is 12.1. The van der Waals surface area contributed by atoms with Gasteiger partial charge in [0, 0.05) is 20.6 Å². The van der Waals surface area contributed by atoms with Crippen LogP contribution in [0.1, 0.15) is 20.3 Å². The average molecular weight is 358 g/mol. The first-order valence-electron chi connectivity index (χ1n) is 7.81. The lowest BCUT2D eigenvalue weighted by atomic mass is 9.99. The number of rotatable bonds is 10. The number of benzene rings is 1. The monoisotopic (exact) mass is 358 g/mol. The van der Waals surface area contributed by atoms with E-state index in [-0.39, 0.29) is 10.8 Å². The number of nitrogens with zero attached hydrogens (tertiary/aromatic N) is 1. The van der Waals surface area contributed by atoms with Crippen molar-refractivity contribution in [2.75, 3.05) is 27.2 Å². The predicted octanol–water partition coefficient (Wildman–Crippen LogP) is 1.40. The van der Waals surface area contributed by atoms with E-state index in [1.807, 2.05) is 13.8 Å². The van der Waals surface area contributed by atoms with Gasteiger partial charge in [0.1, 0.15) is 18.4 Å². The smallest absolute Gasteiger partial charge is 0.320 e. The standard InChI is InChI=1S/C16H26N2O5S/c1-5-12(2)15(16(19)20)17-10-11-23-13-6-8-14(9-7-13)24(21,22)18(3)4/h6-9,12,15,17H,5,10-11H2,1-4H3,(H,19,20)/t12-,15-/m0/s1. The van der Waals surface area contributed by atoms with E-state index in [4.69, 9.17) is 4.74 Å². The van der Waals surface area contributed by atoms with Crippen molar-refractivity contribution in [3.05, 3.63) is 24.3 Å². The SMILES string of the molecule is CC[C@H](C)[C@H](NCCOc1ccc(S(=O)(=O)N(C)C)cc1)C(=O)O. The number of carboxylic acid groups (broad SMARTS) is 1. The van der Waals surface area contributed by atoms with Gasteiger partial charge in [0.15, 0.2) is 0 Å². The van der Waals surface area contributed by atoms with Crippen LogP contribution < -0.4 is 10.1 Å². The first kappa shape index (κ1) is 20.4. The summed E-state index contributed by atoms with van der Waals surface area (Å²) in [6.45, 7) is 4.51. The molecule has 0 radical (unpaired) electrons. The van der Waals surface area contributed by atoms with Gasteiger partial charge in [0.2, 0.25) is 10.0 Å². The molecule has 0 heterocycles. The Morgan fingerprint density at radius 1 is 1.29 bits per heavy atom. The van der Waals surface area contributed by atoms with Crippen molar-refractivity contribution in [3.63, 3.8) is 0 Å². The molecule has 0 aliphatic rings. The van der Waals surface area contributed by atoms with Crippen LogP contribution in [0.15, 0.2) is 29.2 Å². The van der Waals surface area contributed by atoms with Crippen LogP contribution in [-0.2, 0) is 14.8 Å². The summed E-state index contributed by atoms with van der Waals surface area (Å²) in [4.78, 5) is 11.4.